The van der Waals surface area contributed by atoms with E-state index in [1.807, 2.05) is 11.3 Å². The number of fused-ring (bicyclic) bond motifs is 1. The van der Waals surface area contributed by atoms with Crippen molar-refractivity contribution in [2.24, 2.45) is 0 Å². The SMILES string of the molecule is Cc1cc(-c2cccc3ccccc23)c(C)s1. The van der Waals surface area contributed by atoms with Gasteiger partial charge in [0.05, 0.1) is 0 Å². The second kappa shape index (κ2) is 4.01. The summed E-state index contributed by atoms with van der Waals surface area (Å²) < 4.78 is 0. The van der Waals surface area contributed by atoms with Crippen molar-refractivity contribution in [3.8, 4) is 11.1 Å². The molecular formula is C16H14S. The summed E-state index contributed by atoms with van der Waals surface area (Å²) in [5.74, 6) is 0. The largest absolute Gasteiger partial charge is 0.145 e. The van der Waals surface area contributed by atoms with E-state index in [9.17, 15) is 0 Å². The van der Waals surface area contributed by atoms with Gasteiger partial charge in [-0.2, -0.15) is 0 Å². The van der Waals surface area contributed by atoms with Gasteiger partial charge in [0.2, 0.25) is 0 Å². The van der Waals surface area contributed by atoms with E-state index in [1.54, 1.807) is 0 Å². The Balaban J connectivity index is 2.34. The van der Waals surface area contributed by atoms with E-state index in [1.165, 1.54) is 31.7 Å². The highest BCUT2D eigenvalue weighted by atomic mass is 32.1. The van der Waals surface area contributed by atoms with Crippen molar-refractivity contribution in [1.29, 1.82) is 0 Å². The minimum atomic E-state index is 1.31. The molecule has 2 aromatic carbocycles. The molecule has 0 N–H and O–H groups in total. The van der Waals surface area contributed by atoms with E-state index in [0.717, 1.165) is 0 Å². The highest BCUT2D eigenvalue weighted by Crippen LogP contribution is 2.34. The smallest absolute Gasteiger partial charge is 0.00956 e. The lowest BCUT2D eigenvalue weighted by molar-refractivity contribution is 1.58. The van der Waals surface area contributed by atoms with Crippen LogP contribution in [0.1, 0.15) is 9.75 Å². The van der Waals surface area contributed by atoms with E-state index in [4.69, 9.17) is 0 Å². The molecule has 0 bridgehead atoms. The molecule has 0 aliphatic carbocycles. The number of thiophene rings is 1. The summed E-state index contributed by atoms with van der Waals surface area (Å²) in [5, 5.41) is 2.66. The zero-order valence-corrected chi connectivity index (χ0v) is 10.8. The summed E-state index contributed by atoms with van der Waals surface area (Å²) in [6, 6.07) is 17.4. The monoisotopic (exact) mass is 238 g/mol. The molecule has 17 heavy (non-hydrogen) atoms. The van der Waals surface area contributed by atoms with Crippen molar-refractivity contribution >= 4 is 22.1 Å². The molecule has 0 fully saturated rings. The van der Waals surface area contributed by atoms with Gasteiger partial charge in [0.1, 0.15) is 0 Å². The average molecular weight is 238 g/mol. The van der Waals surface area contributed by atoms with Crippen LogP contribution in [0.5, 0.6) is 0 Å². The molecule has 1 heterocycles. The number of benzene rings is 2. The molecule has 3 aromatic rings. The second-order valence-electron chi connectivity index (χ2n) is 4.35. The van der Waals surface area contributed by atoms with Crippen LogP contribution in [0.25, 0.3) is 21.9 Å². The van der Waals surface area contributed by atoms with E-state index in [0.29, 0.717) is 0 Å². The summed E-state index contributed by atoms with van der Waals surface area (Å²) in [7, 11) is 0. The summed E-state index contributed by atoms with van der Waals surface area (Å²) >= 11 is 1.87. The lowest BCUT2D eigenvalue weighted by Crippen LogP contribution is -1.80. The molecule has 1 heteroatoms. The van der Waals surface area contributed by atoms with Crippen LogP contribution in [0.2, 0.25) is 0 Å². The third-order valence-electron chi connectivity index (χ3n) is 3.12. The van der Waals surface area contributed by atoms with Crippen molar-refractivity contribution in [2.75, 3.05) is 0 Å². The van der Waals surface area contributed by atoms with Gasteiger partial charge < -0.3 is 0 Å². The molecule has 84 valence electrons. The van der Waals surface area contributed by atoms with Crippen molar-refractivity contribution in [3.05, 3.63) is 58.3 Å². The molecule has 0 amide bonds. The summed E-state index contributed by atoms with van der Waals surface area (Å²) in [4.78, 5) is 2.78. The van der Waals surface area contributed by atoms with Crippen molar-refractivity contribution in [3.63, 3.8) is 0 Å². The van der Waals surface area contributed by atoms with Crippen LogP contribution in [0.15, 0.2) is 48.5 Å². The molecule has 0 spiro atoms. The Bertz CT molecular complexity index is 672. The van der Waals surface area contributed by atoms with Gasteiger partial charge in [0.25, 0.3) is 0 Å². The van der Waals surface area contributed by atoms with Gasteiger partial charge in [-0.1, -0.05) is 42.5 Å². The molecule has 0 saturated carbocycles. The van der Waals surface area contributed by atoms with Gasteiger partial charge in [-0.25, -0.2) is 0 Å². The Hall–Kier alpha value is -1.60. The van der Waals surface area contributed by atoms with Crippen molar-refractivity contribution in [1.82, 2.24) is 0 Å². The van der Waals surface area contributed by atoms with E-state index >= 15 is 0 Å². The van der Waals surface area contributed by atoms with E-state index in [-0.39, 0.29) is 0 Å². The molecule has 0 aliphatic heterocycles. The first-order chi connectivity index (χ1) is 8.25. The quantitative estimate of drug-likeness (QED) is 0.547. The molecule has 1 aromatic heterocycles. The maximum absolute atomic E-state index is 2.29. The van der Waals surface area contributed by atoms with Gasteiger partial charge >= 0.3 is 0 Å². The standard InChI is InChI=1S/C16H14S/c1-11-10-16(12(2)17-11)15-9-5-7-13-6-3-4-8-14(13)15/h3-10H,1-2H3. The zero-order valence-electron chi connectivity index (χ0n) is 10.0. The number of hydrogen-bond acceptors (Lipinski definition) is 1. The van der Waals surface area contributed by atoms with Gasteiger partial charge in [0, 0.05) is 9.75 Å². The molecule has 0 saturated heterocycles. The topological polar surface area (TPSA) is 0 Å². The van der Waals surface area contributed by atoms with E-state index in [2.05, 4.69) is 62.4 Å². The Morgan fingerprint density at radius 1 is 0.824 bits per heavy atom. The molecule has 0 atom stereocenters. The summed E-state index contributed by atoms with van der Waals surface area (Å²) in [6.45, 7) is 4.38. The van der Waals surface area contributed by atoms with Crippen molar-refractivity contribution < 1.29 is 0 Å². The molecule has 0 unspecified atom stereocenters. The highest BCUT2D eigenvalue weighted by molar-refractivity contribution is 7.12. The highest BCUT2D eigenvalue weighted by Gasteiger charge is 2.08. The van der Waals surface area contributed by atoms with Gasteiger partial charge in [-0.05, 0) is 41.8 Å². The van der Waals surface area contributed by atoms with Crippen LogP contribution < -0.4 is 0 Å². The van der Waals surface area contributed by atoms with E-state index < -0.39 is 0 Å². The Morgan fingerprint density at radius 2 is 1.59 bits per heavy atom. The maximum Gasteiger partial charge on any atom is 0.00956 e. The predicted molar refractivity (Wildman–Crippen MR) is 76.7 cm³/mol. The molecule has 0 nitrogen and oxygen atoms in total. The van der Waals surface area contributed by atoms with Gasteiger partial charge in [-0.3, -0.25) is 0 Å². The van der Waals surface area contributed by atoms with Crippen LogP contribution in [0.3, 0.4) is 0 Å². The first-order valence-electron chi connectivity index (χ1n) is 5.81. The number of aryl methyl sites for hydroxylation is 2. The number of rotatable bonds is 1. The van der Waals surface area contributed by atoms with Crippen LogP contribution in [-0.4, -0.2) is 0 Å². The molecular weight excluding hydrogens is 224 g/mol. The van der Waals surface area contributed by atoms with Gasteiger partial charge in [0.15, 0.2) is 0 Å². The normalized spacial score (nSPS) is 10.9. The van der Waals surface area contributed by atoms with Gasteiger partial charge in [-0.15, -0.1) is 11.3 Å². The third kappa shape index (κ3) is 1.77. The number of hydrogen-bond donors (Lipinski definition) is 0. The predicted octanol–water partition coefficient (Wildman–Crippen LogP) is 5.19. The molecule has 3 rings (SSSR count). The maximum atomic E-state index is 2.29. The summed E-state index contributed by atoms with van der Waals surface area (Å²) in [5.41, 5.74) is 2.73. The van der Waals surface area contributed by atoms with Crippen LogP contribution in [-0.2, 0) is 0 Å². The first-order valence-corrected chi connectivity index (χ1v) is 6.62. The fraction of sp³-hybridized carbons (Fsp3) is 0.125. The van der Waals surface area contributed by atoms with Crippen LogP contribution >= 0.6 is 11.3 Å². The Kier molecular flexibility index (Phi) is 2.49. The van der Waals surface area contributed by atoms with Crippen LogP contribution in [0, 0.1) is 13.8 Å². The first kappa shape index (κ1) is 10.5. The minimum absolute atomic E-state index is 1.31. The molecule has 0 aliphatic rings. The second-order valence-corrected chi connectivity index (χ2v) is 5.81. The fourth-order valence-corrected chi connectivity index (χ4v) is 3.30. The van der Waals surface area contributed by atoms with Crippen LogP contribution in [0.4, 0.5) is 0 Å². The Labute approximate surface area is 106 Å². The lowest BCUT2D eigenvalue weighted by Gasteiger charge is -2.05. The molecule has 0 radical (unpaired) electrons. The minimum Gasteiger partial charge on any atom is -0.145 e. The lowest BCUT2D eigenvalue weighted by atomic mass is 9.99. The van der Waals surface area contributed by atoms with Crippen molar-refractivity contribution in [2.45, 2.75) is 13.8 Å². The summed E-state index contributed by atoms with van der Waals surface area (Å²) in [6.07, 6.45) is 0. The fourth-order valence-electron chi connectivity index (χ4n) is 2.36. The average Bonchev–Trinajstić information content (AvgIpc) is 2.68. The Morgan fingerprint density at radius 3 is 2.35 bits per heavy atom. The third-order valence-corrected chi connectivity index (χ3v) is 4.09. The zero-order chi connectivity index (χ0) is 11.8.